The van der Waals surface area contributed by atoms with Gasteiger partial charge in [-0.25, -0.2) is 4.39 Å². The molecule has 18 heavy (non-hydrogen) atoms. The Morgan fingerprint density at radius 3 is 2.50 bits per heavy atom. The molecule has 3 rings (SSSR count). The van der Waals surface area contributed by atoms with Crippen LogP contribution in [0.15, 0.2) is 58.3 Å². The fourth-order valence-corrected chi connectivity index (χ4v) is 3.00. The van der Waals surface area contributed by atoms with Crippen molar-refractivity contribution in [3.8, 4) is 0 Å². The van der Waals surface area contributed by atoms with Gasteiger partial charge in [0.15, 0.2) is 0 Å². The number of para-hydroxylation sites is 1. The van der Waals surface area contributed by atoms with Gasteiger partial charge in [0.05, 0.1) is 0 Å². The molecule has 0 amide bonds. The van der Waals surface area contributed by atoms with Gasteiger partial charge in [0, 0.05) is 26.4 Å². The second-order valence-electron chi connectivity index (χ2n) is 4.18. The molecule has 0 unspecified atom stereocenters. The largest absolute Gasteiger partial charge is 0.358 e. The minimum absolute atomic E-state index is 0.199. The predicted octanol–water partition coefficient (Wildman–Crippen LogP) is 4.77. The molecular formula is C15H12FNS. The van der Waals surface area contributed by atoms with Crippen LogP contribution in [0.3, 0.4) is 0 Å². The highest BCUT2D eigenvalue weighted by Gasteiger charge is 2.09. The SMILES string of the molecule is Cc1[nH]c2ccccc2c1Sc1ccc(F)cc1. The van der Waals surface area contributed by atoms with E-state index in [0.29, 0.717) is 0 Å². The van der Waals surface area contributed by atoms with Gasteiger partial charge in [-0.2, -0.15) is 0 Å². The van der Waals surface area contributed by atoms with Crippen LogP contribution in [0.5, 0.6) is 0 Å². The molecule has 0 aliphatic rings. The fourth-order valence-electron chi connectivity index (χ4n) is 2.00. The molecule has 3 aromatic rings. The van der Waals surface area contributed by atoms with E-state index in [1.54, 1.807) is 23.9 Å². The number of rotatable bonds is 2. The predicted molar refractivity (Wildman–Crippen MR) is 73.6 cm³/mol. The second kappa shape index (κ2) is 4.50. The van der Waals surface area contributed by atoms with Crippen molar-refractivity contribution in [2.45, 2.75) is 16.7 Å². The quantitative estimate of drug-likeness (QED) is 0.699. The number of aryl methyl sites for hydroxylation is 1. The molecule has 0 atom stereocenters. The van der Waals surface area contributed by atoms with E-state index < -0.39 is 0 Å². The van der Waals surface area contributed by atoms with Crippen molar-refractivity contribution in [1.29, 1.82) is 0 Å². The molecule has 0 aliphatic heterocycles. The molecule has 90 valence electrons. The summed E-state index contributed by atoms with van der Waals surface area (Å²) < 4.78 is 12.9. The minimum Gasteiger partial charge on any atom is -0.358 e. The number of nitrogens with one attached hydrogen (secondary N) is 1. The average molecular weight is 257 g/mol. The third kappa shape index (κ3) is 2.02. The lowest BCUT2D eigenvalue weighted by atomic mass is 10.2. The summed E-state index contributed by atoms with van der Waals surface area (Å²) in [5.74, 6) is -0.199. The summed E-state index contributed by atoms with van der Waals surface area (Å²) in [5.41, 5.74) is 2.28. The molecule has 0 spiro atoms. The summed E-state index contributed by atoms with van der Waals surface area (Å²) in [4.78, 5) is 5.62. The molecule has 1 heterocycles. The van der Waals surface area contributed by atoms with Crippen LogP contribution in [-0.2, 0) is 0 Å². The highest BCUT2D eigenvalue weighted by Crippen LogP contribution is 2.36. The molecular weight excluding hydrogens is 245 g/mol. The molecule has 0 radical (unpaired) electrons. The van der Waals surface area contributed by atoms with Gasteiger partial charge in [-0.05, 0) is 37.3 Å². The van der Waals surface area contributed by atoms with Crippen molar-refractivity contribution in [1.82, 2.24) is 4.98 Å². The topological polar surface area (TPSA) is 15.8 Å². The number of benzene rings is 2. The first kappa shape index (κ1) is 11.4. The van der Waals surface area contributed by atoms with Crippen molar-refractivity contribution < 1.29 is 4.39 Å². The van der Waals surface area contributed by atoms with Crippen LogP contribution in [-0.4, -0.2) is 4.98 Å². The Labute approximate surface area is 109 Å². The summed E-state index contributed by atoms with van der Waals surface area (Å²) >= 11 is 1.66. The average Bonchev–Trinajstić information content (AvgIpc) is 2.69. The zero-order valence-corrected chi connectivity index (χ0v) is 10.7. The Kier molecular flexibility index (Phi) is 2.84. The van der Waals surface area contributed by atoms with Gasteiger partial charge in [-0.3, -0.25) is 0 Å². The summed E-state index contributed by atoms with van der Waals surface area (Å²) in [5, 5.41) is 1.21. The van der Waals surface area contributed by atoms with E-state index in [1.807, 2.05) is 12.1 Å². The maximum Gasteiger partial charge on any atom is 0.123 e. The molecule has 0 fully saturated rings. The lowest BCUT2D eigenvalue weighted by Gasteiger charge is -2.01. The number of fused-ring (bicyclic) bond motifs is 1. The third-order valence-corrected chi connectivity index (χ3v) is 4.11. The first-order valence-corrected chi connectivity index (χ1v) is 6.56. The standard InChI is InChI=1S/C15H12FNS/c1-10-15(13-4-2-3-5-14(13)17-10)18-12-8-6-11(16)7-9-12/h2-9,17H,1H3. The van der Waals surface area contributed by atoms with Crippen LogP contribution in [0.2, 0.25) is 0 Å². The monoisotopic (exact) mass is 257 g/mol. The van der Waals surface area contributed by atoms with Gasteiger partial charge in [0.2, 0.25) is 0 Å². The minimum atomic E-state index is -0.199. The Balaban J connectivity index is 2.04. The van der Waals surface area contributed by atoms with Gasteiger partial charge < -0.3 is 4.98 Å². The van der Waals surface area contributed by atoms with Crippen LogP contribution in [0.1, 0.15) is 5.69 Å². The Morgan fingerprint density at radius 1 is 1.00 bits per heavy atom. The fraction of sp³-hybridized carbons (Fsp3) is 0.0667. The zero-order chi connectivity index (χ0) is 12.5. The first-order chi connectivity index (χ1) is 8.74. The van der Waals surface area contributed by atoms with Gasteiger partial charge in [-0.1, -0.05) is 30.0 Å². The lowest BCUT2D eigenvalue weighted by Crippen LogP contribution is -1.77. The van der Waals surface area contributed by atoms with Gasteiger partial charge >= 0.3 is 0 Å². The number of hydrogen-bond acceptors (Lipinski definition) is 1. The van der Waals surface area contributed by atoms with E-state index in [-0.39, 0.29) is 5.82 Å². The maximum absolute atomic E-state index is 12.9. The molecule has 0 saturated carbocycles. The van der Waals surface area contributed by atoms with Crippen LogP contribution in [0.4, 0.5) is 4.39 Å². The number of H-pyrrole nitrogens is 1. The number of halogens is 1. The zero-order valence-electron chi connectivity index (χ0n) is 9.91. The Hall–Kier alpha value is -1.74. The highest BCUT2D eigenvalue weighted by molar-refractivity contribution is 7.99. The van der Waals surface area contributed by atoms with E-state index in [0.717, 1.165) is 16.1 Å². The van der Waals surface area contributed by atoms with Crippen molar-refractivity contribution in [2.75, 3.05) is 0 Å². The van der Waals surface area contributed by atoms with Crippen LogP contribution in [0, 0.1) is 12.7 Å². The van der Waals surface area contributed by atoms with Crippen molar-refractivity contribution in [3.63, 3.8) is 0 Å². The number of aromatic nitrogens is 1. The third-order valence-electron chi connectivity index (χ3n) is 2.87. The van der Waals surface area contributed by atoms with Crippen molar-refractivity contribution in [2.24, 2.45) is 0 Å². The van der Waals surface area contributed by atoms with E-state index in [2.05, 4.69) is 24.0 Å². The Bertz CT molecular complexity index is 685. The van der Waals surface area contributed by atoms with Gasteiger partial charge in [0.25, 0.3) is 0 Å². The molecule has 0 saturated heterocycles. The molecule has 2 aromatic carbocycles. The van der Waals surface area contributed by atoms with E-state index in [4.69, 9.17) is 0 Å². The van der Waals surface area contributed by atoms with E-state index in [9.17, 15) is 4.39 Å². The molecule has 0 bridgehead atoms. The lowest BCUT2D eigenvalue weighted by molar-refractivity contribution is 0.626. The Morgan fingerprint density at radius 2 is 1.72 bits per heavy atom. The summed E-state index contributed by atoms with van der Waals surface area (Å²) in [6.07, 6.45) is 0. The summed E-state index contributed by atoms with van der Waals surface area (Å²) in [6, 6.07) is 14.8. The summed E-state index contributed by atoms with van der Waals surface area (Å²) in [6.45, 7) is 2.06. The molecule has 1 N–H and O–H groups in total. The second-order valence-corrected chi connectivity index (χ2v) is 5.26. The highest BCUT2D eigenvalue weighted by atomic mass is 32.2. The first-order valence-electron chi connectivity index (χ1n) is 5.75. The maximum atomic E-state index is 12.9. The molecule has 1 aromatic heterocycles. The molecule has 1 nitrogen and oxygen atoms in total. The summed E-state index contributed by atoms with van der Waals surface area (Å²) in [7, 11) is 0. The molecule has 0 aliphatic carbocycles. The van der Waals surface area contributed by atoms with Crippen LogP contribution in [0.25, 0.3) is 10.9 Å². The van der Waals surface area contributed by atoms with Gasteiger partial charge in [0.1, 0.15) is 5.82 Å². The normalized spacial score (nSPS) is 11.0. The number of aromatic amines is 1. The van der Waals surface area contributed by atoms with Crippen molar-refractivity contribution >= 4 is 22.7 Å². The van der Waals surface area contributed by atoms with Crippen molar-refractivity contribution in [3.05, 3.63) is 60.0 Å². The number of hydrogen-bond donors (Lipinski definition) is 1. The van der Waals surface area contributed by atoms with Crippen LogP contribution >= 0.6 is 11.8 Å². The molecule has 3 heteroatoms. The van der Waals surface area contributed by atoms with E-state index >= 15 is 0 Å². The van der Waals surface area contributed by atoms with E-state index in [1.165, 1.54) is 22.4 Å². The van der Waals surface area contributed by atoms with Gasteiger partial charge in [-0.15, -0.1) is 0 Å². The smallest absolute Gasteiger partial charge is 0.123 e. The van der Waals surface area contributed by atoms with Crippen LogP contribution < -0.4 is 0 Å².